The molecular weight excluding hydrogens is 460 g/mol. The maximum atomic E-state index is 12.8. The second kappa shape index (κ2) is 11.2. The lowest BCUT2D eigenvalue weighted by Crippen LogP contribution is -2.34. The Labute approximate surface area is 207 Å². The number of hydrogen-bond donors (Lipinski definition) is 3. The largest absolute Gasteiger partial charge is 0.350 e. The zero-order valence-corrected chi connectivity index (χ0v) is 19.9. The number of carbonyl (C=O) groups is 3. The van der Waals surface area contributed by atoms with E-state index in [4.69, 9.17) is 0 Å². The molecule has 0 saturated carbocycles. The van der Waals surface area contributed by atoms with Gasteiger partial charge in [0.15, 0.2) is 0 Å². The van der Waals surface area contributed by atoms with E-state index < -0.39 is 0 Å². The number of amides is 3. The first kappa shape index (κ1) is 23.8. The maximum absolute atomic E-state index is 12.8. The van der Waals surface area contributed by atoms with E-state index in [9.17, 15) is 14.4 Å². The minimum Gasteiger partial charge on any atom is -0.350 e. The summed E-state index contributed by atoms with van der Waals surface area (Å²) in [6, 6.07) is 25.3. The van der Waals surface area contributed by atoms with Gasteiger partial charge in [-0.15, -0.1) is 11.3 Å². The fourth-order valence-electron chi connectivity index (χ4n) is 3.35. The normalized spacial score (nSPS) is 10.4. The van der Waals surface area contributed by atoms with Gasteiger partial charge in [-0.3, -0.25) is 14.4 Å². The number of benzene rings is 3. The molecule has 1 heterocycles. The molecule has 4 aromatic rings. The summed E-state index contributed by atoms with van der Waals surface area (Å²) in [5, 5.41) is 9.19. The highest BCUT2D eigenvalue weighted by atomic mass is 32.1. The Hall–Kier alpha value is -4.30. The summed E-state index contributed by atoms with van der Waals surface area (Å²) in [6.45, 7) is 2.42. The summed E-state index contributed by atoms with van der Waals surface area (Å²) in [5.41, 5.74) is 3.24. The molecule has 0 saturated heterocycles. The molecule has 176 valence electrons. The second-order valence-corrected chi connectivity index (χ2v) is 8.71. The van der Waals surface area contributed by atoms with E-state index in [0.29, 0.717) is 40.5 Å². The molecule has 0 radical (unpaired) electrons. The van der Waals surface area contributed by atoms with Crippen molar-refractivity contribution in [3.63, 3.8) is 0 Å². The average Bonchev–Trinajstić information content (AvgIpc) is 3.29. The van der Waals surface area contributed by atoms with Crippen LogP contribution in [0.1, 0.15) is 36.1 Å². The first-order valence-corrected chi connectivity index (χ1v) is 11.9. The second-order valence-electron chi connectivity index (χ2n) is 7.71. The van der Waals surface area contributed by atoms with Crippen molar-refractivity contribution < 1.29 is 14.4 Å². The van der Waals surface area contributed by atoms with E-state index in [-0.39, 0.29) is 17.7 Å². The van der Waals surface area contributed by atoms with E-state index in [2.05, 4.69) is 20.9 Å². The highest BCUT2D eigenvalue weighted by Crippen LogP contribution is 2.28. The topological polar surface area (TPSA) is 100 Å². The van der Waals surface area contributed by atoms with E-state index in [1.54, 1.807) is 48.5 Å². The fraction of sp³-hybridized carbons (Fsp3) is 0.111. The summed E-state index contributed by atoms with van der Waals surface area (Å²) < 4.78 is 0. The van der Waals surface area contributed by atoms with Crippen molar-refractivity contribution in [2.45, 2.75) is 6.92 Å². The lowest BCUT2D eigenvalue weighted by atomic mass is 10.2. The first-order chi connectivity index (χ1) is 17.0. The summed E-state index contributed by atoms with van der Waals surface area (Å²) in [6.07, 6.45) is 0. The van der Waals surface area contributed by atoms with Gasteiger partial charge in [-0.1, -0.05) is 48.5 Å². The number of carbonyl (C=O) groups excluding carboxylic acids is 3. The van der Waals surface area contributed by atoms with Crippen LogP contribution in [0.2, 0.25) is 0 Å². The van der Waals surface area contributed by atoms with Gasteiger partial charge in [-0.25, -0.2) is 4.98 Å². The lowest BCUT2D eigenvalue weighted by Gasteiger charge is -2.08. The standard InChI is InChI=1S/C27H24N4O3S/c1-18-23(35-27(30-18)21-10-6-3-7-11-21)26(34)31-22-14-12-20(13-15-22)25(33)29-17-16-28-24(32)19-8-4-2-5-9-19/h2-15H,16-17H2,1H3,(H,28,32)(H,29,33)(H,31,34). The monoisotopic (exact) mass is 484 g/mol. The van der Waals surface area contributed by atoms with Crippen LogP contribution >= 0.6 is 11.3 Å². The molecular formula is C27H24N4O3S. The third-order valence-corrected chi connectivity index (χ3v) is 6.37. The molecule has 3 amide bonds. The molecule has 3 aromatic carbocycles. The van der Waals surface area contributed by atoms with Gasteiger partial charge in [0, 0.05) is 35.5 Å². The van der Waals surface area contributed by atoms with Crippen LogP contribution in [0.4, 0.5) is 5.69 Å². The van der Waals surface area contributed by atoms with Crippen molar-refractivity contribution >= 4 is 34.7 Å². The molecule has 0 fully saturated rings. The third-order valence-electron chi connectivity index (χ3n) is 5.16. The van der Waals surface area contributed by atoms with E-state index in [1.165, 1.54) is 11.3 Å². The molecule has 0 unspecified atom stereocenters. The van der Waals surface area contributed by atoms with Gasteiger partial charge in [0.1, 0.15) is 9.88 Å². The number of nitrogens with one attached hydrogen (secondary N) is 3. The fourth-order valence-corrected chi connectivity index (χ4v) is 4.32. The van der Waals surface area contributed by atoms with Gasteiger partial charge in [-0.05, 0) is 43.3 Å². The predicted molar refractivity (Wildman–Crippen MR) is 138 cm³/mol. The molecule has 0 aliphatic rings. The Morgan fingerprint density at radius 3 is 1.86 bits per heavy atom. The number of rotatable bonds is 8. The number of aromatic nitrogens is 1. The minimum absolute atomic E-state index is 0.188. The van der Waals surface area contributed by atoms with Gasteiger partial charge in [0.2, 0.25) is 0 Å². The minimum atomic E-state index is -0.261. The van der Waals surface area contributed by atoms with Gasteiger partial charge in [-0.2, -0.15) is 0 Å². The van der Waals surface area contributed by atoms with Crippen LogP contribution in [-0.2, 0) is 0 Å². The van der Waals surface area contributed by atoms with E-state index in [0.717, 1.165) is 10.6 Å². The number of anilines is 1. The molecule has 1 aromatic heterocycles. The molecule has 0 bridgehead atoms. The number of thiazole rings is 1. The molecule has 35 heavy (non-hydrogen) atoms. The van der Waals surface area contributed by atoms with Crippen molar-refractivity contribution in [1.82, 2.24) is 15.6 Å². The maximum Gasteiger partial charge on any atom is 0.267 e. The Morgan fingerprint density at radius 2 is 1.26 bits per heavy atom. The number of hydrogen-bond acceptors (Lipinski definition) is 5. The lowest BCUT2D eigenvalue weighted by molar-refractivity contribution is 0.0927. The highest BCUT2D eigenvalue weighted by molar-refractivity contribution is 7.17. The Balaban J connectivity index is 1.28. The zero-order valence-electron chi connectivity index (χ0n) is 19.1. The van der Waals surface area contributed by atoms with Crippen molar-refractivity contribution in [2.75, 3.05) is 18.4 Å². The SMILES string of the molecule is Cc1nc(-c2ccccc2)sc1C(=O)Nc1ccc(C(=O)NCCNC(=O)c2ccccc2)cc1. The van der Waals surface area contributed by atoms with Crippen molar-refractivity contribution in [2.24, 2.45) is 0 Å². The molecule has 0 aliphatic heterocycles. The van der Waals surface area contributed by atoms with Crippen LogP contribution < -0.4 is 16.0 Å². The van der Waals surface area contributed by atoms with Gasteiger partial charge >= 0.3 is 0 Å². The van der Waals surface area contributed by atoms with Crippen LogP contribution in [0.5, 0.6) is 0 Å². The van der Waals surface area contributed by atoms with Crippen LogP contribution in [0.15, 0.2) is 84.9 Å². The Bertz CT molecular complexity index is 1320. The Kier molecular flexibility index (Phi) is 7.64. The van der Waals surface area contributed by atoms with E-state index >= 15 is 0 Å². The van der Waals surface area contributed by atoms with Gasteiger partial charge in [0.25, 0.3) is 17.7 Å². The summed E-state index contributed by atoms with van der Waals surface area (Å²) in [5.74, 6) is -0.691. The van der Waals surface area contributed by atoms with Crippen LogP contribution in [0.25, 0.3) is 10.6 Å². The quantitative estimate of drug-likeness (QED) is 0.320. The molecule has 4 rings (SSSR count). The molecule has 0 aliphatic carbocycles. The summed E-state index contributed by atoms with van der Waals surface area (Å²) >= 11 is 1.34. The third kappa shape index (κ3) is 6.18. The zero-order chi connectivity index (χ0) is 24.6. The first-order valence-electron chi connectivity index (χ1n) is 11.1. The molecule has 0 spiro atoms. The van der Waals surface area contributed by atoms with Gasteiger partial charge in [0.05, 0.1) is 5.69 Å². The van der Waals surface area contributed by atoms with Gasteiger partial charge < -0.3 is 16.0 Å². The predicted octanol–water partition coefficient (Wildman–Crippen LogP) is 4.53. The Morgan fingerprint density at radius 1 is 0.714 bits per heavy atom. The average molecular weight is 485 g/mol. The van der Waals surface area contributed by atoms with Crippen LogP contribution in [0.3, 0.4) is 0 Å². The number of aryl methyl sites for hydroxylation is 1. The molecule has 3 N–H and O–H groups in total. The molecule has 8 heteroatoms. The molecule has 7 nitrogen and oxygen atoms in total. The summed E-state index contributed by atoms with van der Waals surface area (Å²) in [7, 11) is 0. The van der Waals surface area contributed by atoms with Crippen molar-refractivity contribution in [3.05, 3.63) is 107 Å². The van der Waals surface area contributed by atoms with Crippen LogP contribution in [-0.4, -0.2) is 35.8 Å². The summed E-state index contributed by atoms with van der Waals surface area (Å²) in [4.78, 5) is 42.2. The highest BCUT2D eigenvalue weighted by Gasteiger charge is 2.16. The number of nitrogens with zero attached hydrogens (tertiary/aromatic N) is 1. The van der Waals surface area contributed by atoms with E-state index in [1.807, 2.05) is 43.3 Å². The van der Waals surface area contributed by atoms with Crippen LogP contribution in [0, 0.1) is 6.92 Å². The smallest absolute Gasteiger partial charge is 0.267 e. The van der Waals surface area contributed by atoms with Crippen molar-refractivity contribution in [3.8, 4) is 10.6 Å². The molecule has 0 atom stereocenters. The van der Waals surface area contributed by atoms with Crippen molar-refractivity contribution in [1.29, 1.82) is 0 Å².